The molecule has 0 aliphatic rings. The Labute approximate surface area is 124 Å². The van der Waals surface area contributed by atoms with Crippen molar-refractivity contribution >= 4 is 0 Å². The molecule has 0 atom stereocenters. The summed E-state index contributed by atoms with van der Waals surface area (Å²) in [6.07, 6.45) is 1.58. The van der Waals surface area contributed by atoms with Gasteiger partial charge in [-0.3, -0.25) is 0 Å². The van der Waals surface area contributed by atoms with Gasteiger partial charge in [0.1, 0.15) is 11.6 Å². The first-order valence-corrected chi connectivity index (χ1v) is 7.07. The first-order chi connectivity index (χ1) is 10.2. The maximum atomic E-state index is 13.7. The lowest BCUT2D eigenvalue weighted by Crippen LogP contribution is -2.07. The van der Waals surface area contributed by atoms with Crippen molar-refractivity contribution in [2.75, 3.05) is 6.54 Å². The van der Waals surface area contributed by atoms with Crippen LogP contribution in [0.2, 0.25) is 0 Å². The van der Waals surface area contributed by atoms with E-state index in [9.17, 15) is 4.39 Å². The van der Waals surface area contributed by atoms with Crippen molar-refractivity contribution in [1.29, 1.82) is 0 Å². The predicted octanol–water partition coefficient (Wildman–Crippen LogP) is 1.90. The summed E-state index contributed by atoms with van der Waals surface area (Å²) in [7, 11) is 0. The monoisotopic (exact) mass is 286 g/mol. The molecular weight excluding hydrogens is 267 g/mol. The SMILES string of the molecule is CCc1nc(CC)n(Cc2cc(F)cc(C#CCN)c2)n1. The van der Waals surface area contributed by atoms with Crippen molar-refractivity contribution < 1.29 is 4.39 Å². The summed E-state index contributed by atoms with van der Waals surface area (Å²) in [5.41, 5.74) is 6.79. The molecule has 21 heavy (non-hydrogen) atoms. The molecule has 0 bridgehead atoms. The highest BCUT2D eigenvalue weighted by atomic mass is 19.1. The number of hydrogen-bond donors (Lipinski definition) is 1. The normalized spacial score (nSPS) is 10.3. The van der Waals surface area contributed by atoms with E-state index >= 15 is 0 Å². The number of aryl methyl sites for hydroxylation is 2. The van der Waals surface area contributed by atoms with Crippen LogP contribution >= 0.6 is 0 Å². The molecule has 1 heterocycles. The molecule has 0 fully saturated rings. The molecule has 5 heteroatoms. The molecule has 0 unspecified atom stereocenters. The maximum Gasteiger partial charge on any atom is 0.150 e. The second kappa shape index (κ2) is 7.00. The lowest BCUT2D eigenvalue weighted by atomic mass is 10.1. The highest BCUT2D eigenvalue weighted by Crippen LogP contribution is 2.11. The fraction of sp³-hybridized carbons (Fsp3) is 0.375. The van der Waals surface area contributed by atoms with Crippen molar-refractivity contribution in [3.8, 4) is 11.8 Å². The van der Waals surface area contributed by atoms with E-state index < -0.39 is 0 Å². The third kappa shape index (κ3) is 3.89. The molecule has 2 rings (SSSR count). The van der Waals surface area contributed by atoms with E-state index in [1.54, 1.807) is 0 Å². The van der Waals surface area contributed by atoms with Crippen molar-refractivity contribution in [3.63, 3.8) is 0 Å². The van der Waals surface area contributed by atoms with Crippen molar-refractivity contribution in [2.45, 2.75) is 33.2 Å². The van der Waals surface area contributed by atoms with E-state index in [1.165, 1.54) is 12.1 Å². The summed E-state index contributed by atoms with van der Waals surface area (Å²) >= 11 is 0. The lowest BCUT2D eigenvalue weighted by molar-refractivity contribution is 0.610. The molecule has 4 nitrogen and oxygen atoms in total. The third-order valence-corrected chi connectivity index (χ3v) is 3.05. The second-order valence-electron chi connectivity index (χ2n) is 4.66. The molecule has 2 N–H and O–H groups in total. The van der Waals surface area contributed by atoms with E-state index in [0.717, 1.165) is 30.1 Å². The van der Waals surface area contributed by atoms with Crippen LogP contribution in [0.25, 0.3) is 0 Å². The Hall–Kier alpha value is -2.19. The van der Waals surface area contributed by atoms with Crippen molar-refractivity contribution in [2.24, 2.45) is 5.73 Å². The number of nitrogens with two attached hydrogens (primary N) is 1. The molecule has 0 amide bonds. The van der Waals surface area contributed by atoms with Crippen LogP contribution in [0.4, 0.5) is 4.39 Å². The van der Waals surface area contributed by atoms with Gasteiger partial charge < -0.3 is 5.73 Å². The summed E-state index contributed by atoms with van der Waals surface area (Å²) in [4.78, 5) is 4.45. The van der Waals surface area contributed by atoms with Gasteiger partial charge in [-0.15, -0.1) is 0 Å². The molecule has 1 aromatic heterocycles. The number of aromatic nitrogens is 3. The molecule has 2 aromatic rings. The Kier molecular flexibility index (Phi) is 5.07. The zero-order valence-corrected chi connectivity index (χ0v) is 12.4. The second-order valence-corrected chi connectivity index (χ2v) is 4.66. The smallest absolute Gasteiger partial charge is 0.150 e. The van der Waals surface area contributed by atoms with Crippen LogP contribution in [0.1, 0.15) is 36.6 Å². The zero-order valence-electron chi connectivity index (χ0n) is 12.4. The summed E-state index contributed by atoms with van der Waals surface area (Å²) in [6, 6.07) is 4.77. The van der Waals surface area contributed by atoms with E-state index in [4.69, 9.17) is 5.73 Å². The maximum absolute atomic E-state index is 13.7. The minimum Gasteiger partial charge on any atom is -0.320 e. The average molecular weight is 286 g/mol. The van der Waals surface area contributed by atoms with Gasteiger partial charge >= 0.3 is 0 Å². The van der Waals surface area contributed by atoms with Gasteiger partial charge in [0.2, 0.25) is 0 Å². The Morgan fingerprint density at radius 3 is 2.71 bits per heavy atom. The summed E-state index contributed by atoms with van der Waals surface area (Å²) in [6.45, 7) is 4.80. The van der Waals surface area contributed by atoms with Gasteiger partial charge in [0.25, 0.3) is 0 Å². The summed E-state index contributed by atoms with van der Waals surface area (Å²) in [5.74, 6) is 7.01. The Morgan fingerprint density at radius 1 is 1.24 bits per heavy atom. The average Bonchev–Trinajstić information content (AvgIpc) is 2.86. The minimum absolute atomic E-state index is 0.259. The highest BCUT2D eigenvalue weighted by Gasteiger charge is 2.08. The van der Waals surface area contributed by atoms with E-state index in [2.05, 4.69) is 21.9 Å². The minimum atomic E-state index is -0.303. The number of benzene rings is 1. The molecule has 0 aliphatic heterocycles. The molecule has 0 saturated carbocycles. The molecule has 110 valence electrons. The first-order valence-electron chi connectivity index (χ1n) is 7.07. The van der Waals surface area contributed by atoms with Gasteiger partial charge in [-0.1, -0.05) is 25.7 Å². The van der Waals surface area contributed by atoms with Gasteiger partial charge in [-0.05, 0) is 23.8 Å². The fourth-order valence-electron chi connectivity index (χ4n) is 2.10. The van der Waals surface area contributed by atoms with Crippen LogP contribution in [0.3, 0.4) is 0 Å². The zero-order chi connectivity index (χ0) is 15.2. The van der Waals surface area contributed by atoms with Crippen LogP contribution in [0.5, 0.6) is 0 Å². The topological polar surface area (TPSA) is 56.7 Å². The summed E-state index contributed by atoms with van der Waals surface area (Å²) < 4.78 is 15.5. The third-order valence-electron chi connectivity index (χ3n) is 3.05. The number of halogens is 1. The lowest BCUT2D eigenvalue weighted by Gasteiger charge is -2.06. The summed E-state index contributed by atoms with van der Waals surface area (Å²) in [5, 5.41) is 4.44. The van der Waals surface area contributed by atoms with Crippen LogP contribution < -0.4 is 5.73 Å². The van der Waals surface area contributed by atoms with E-state index in [0.29, 0.717) is 12.1 Å². The molecule has 1 aromatic carbocycles. The van der Waals surface area contributed by atoms with Gasteiger partial charge in [0.15, 0.2) is 5.82 Å². The van der Waals surface area contributed by atoms with E-state index in [-0.39, 0.29) is 12.4 Å². The van der Waals surface area contributed by atoms with Crippen LogP contribution in [-0.2, 0) is 19.4 Å². The first kappa shape index (κ1) is 15.2. The Bertz CT molecular complexity index is 679. The predicted molar refractivity (Wildman–Crippen MR) is 80.2 cm³/mol. The molecule has 0 radical (unpaired) electrons. The van der Waals surface area contributed by atoms with Crippen LogP contribution in [0.15, 0.2) is 18.2 Å². The van der Waals surface area contributed by atoms with Gasteiger partial charge in [0.05, 0.1) is 13.1 Å². The van der Waals surface area contributed by atoms with Gasteiger partial charge in [-0.2, -0.15) is 5.10 Å². The van der Waals surface area contributed by atoms with E-state index in [1.807, 2.05) is 24.6 Å². The van der Waals surface area contributed by atoms with Crippen molar-refractivity contribution in [3.05, 3.63) is 46.8 Å². The van der Waals surface area contributed by atoms with Crippen LogP contribution in [0, 0.1) is 17.7 Å². The molecule has 0 aliphatic carbocycles. The quantitative estimate of drug-likeness (QED) is 0.873. The Balaban J connectivity index is 2.30. The number of nitrogens with zero attached hydrogens (tertiary/aromatic N) is 3. The number of rotatable bonds is 4. The van der Waals surface area contributed by atoms with Crippen LogP contribution in [-0.4, -0.2) is 21.3 Å². The van der Waals surface area contributed by atoms with Crippen molar-refractivity contribution in [1.82, 2.24) is 14.8 Å². The standard InChI is InChI=1S/C16H19FN4/c1-3-15-19-16(4-2)21(20-15)11-13-8-12(6-5-7-18)9-14(17)10-13/h8-10H,3-4,7,11,18H2,1-2H3. The Morgan fingerprint density at radius 2 is 2.05 bits per heavy atom. The molecule has 0 saturated heterocycles. The molecular formula is C16H19FN4. The largest absolute Gasteiger partial charge is 0.320 e. The number of hydrogen-bond acceptors (Lipinski definition) is 3. The highest BCUT2D eigenvalue weighted by molar-refractivity contribution is 5.38. The fourth-order valence-corrected chi connectivity index (χ4v) is 2.10. The van der Waals surface area contributed by atoms with Gasteiger partial charge in [-0.25, -0.2) is 14.1 Å². The molecule has 0 spiro atoms. The van der Waals surface area contributed by atoms with Gasteiger partial charge in [0, 0.05) is 18.4 Å².